The summed E-state index contributed by atoms with van der Waals surface area (Å²) in [6, 6.07) is 0. The Labute approximate surface area is 65.9 Å². The summed E-state index contributed by atoms with van der Waals surface area (Å²) in [4.78, 5) is 19.5. The molecule has 0 aromatic rings. The van der Waals surface area contributed by atoms with Crippen LogP contribution in [0.5, 0.6) is 0 Å². The van der Waals surface area contributed by atoms with Gasteiger partial charge in [0.25, 0.3) is 0 Å². The highest BCUT2D eigenvalue weighted by molar-refractivity contribution is 5.87. The van der Waals surface area contributed by atoms with Crippen molar-refractivity contribution >= 4 is 24.3 Å². The van der Waals surface area contributed by atoms with Crippen LogP contribution in [0.15, 0.2) is 0 Å². The molecule has 7 heteroatoms. The molecule has 0 heterocycles. The molecule has 0 bridgehead atoms. The number of hydrogen-bond donors (Lipinski definition) is 0. The summed E-state index contributed by atoms with van der Waals surface area (Å²) in [6.45, 7) is 0.712. The monoisotopic (exact) mass is 192 g/mol. The van der Waals surface area contributed by atoms with Gasteiger partial charge in [0.05, 0.1) is 0 Å². The molecule has 3 nitrogen and oxygen atoms in total. The molecule has 0 aliphatic rings. The molecule has 66 valence electrons. The van der Waals surface area contributed by atoms with E-state index in [1.807, 2.05) is 0 Å². The number of esters is 2. The zero-order valence-electron chi connectivity index (χ0n) is 5.27. The largest absolute Gasteiger partial charge is 0.491 e. The number of alkyl halides is 3. The van der Waals surface area contributed by atoms with E-state index < -0.39 is 18.1 Å². The van der Waals surface area contributed by atoms with Gasteiger partial charge in [0.1, 0.15) is 0 Å². The van der Waals surface area contributed by atoms with E-state index in [9.17, 15) is 22.8 Å². The van der Waals surface area contributed by atoms with E-state index in [-0.39, 0.29) is 12.4 Å². The van der Waals surface area contributed by atoms with Gasteiger partial charge in [0.15, 0.2) is 0 Å². The molecule has 0 aliphatic carbocycles. The highest BCUT2D eigenvalue weighted by atomic mass is 35.5. The minimum Gasteiger partial charge on any atom is -0.387 e. The molecule has 0 aliphatic heterocycles. The lowest BCUT2D eigenvalue weighted by atomic mass is 10.6. The molecule has 0 fully saturated rings. The molecule has 0 amide bonds. The molecule has 0 saturated heterocycles. The summed E-state index contributed by atoms with van der Waals surface area (Å²) >= 11 is 0. The van der Waals surface area contributed by atoms with Crippen LogP contribution >= 0.6 is 12.4 Å². The number of carbonyl (C=O) groups excluding carboxylic acids is 2. The fourth-order valence-electron chi connectivity index (χ4n) is 0.188. The van der Waals surface area contributed by atoms with Crippen molar-refractivity contribution in [1.29, 1.82) is 0 Å². The van der Waals surface area contributed by atoms with E-state index in [2.05, 4.69) is 4.74 Å². The van der Waals surface area contributed by atoms with Crippen molar-refractivity contribution in [2.45, 2.75) is 13.1 Å². The smallest absolute Gasteiger partial charge is 0.387 e. The number of rotatable bonds is 0. The highest BCUT2D eigenvalue weighted by Gasteiger charge is 2.41. The predicted molar refractivity (Wildman–Crippen MR) is 30.1 cm³/mol. The molecular weight excluding hydrogens is 188 g/mol. The van der Waals surface area contributed by atoms with Crippen LogP contribution in [0, 0.1) is 0 Å². The second kappa shape index (κ2) is 4.17. The average Bonchev–Trinajstić information content (AvgIpc) is 1.60. The molecule has 0 rings (SSSR count). The van der Waals surface area contributed by atoms with Crippen LogP contribution in [0.1, 0.15) is 6.92 Å². The molecule has 0 radical (unpaired) electrons. The van der Waals surface area contributed by atoms with Crippen LogP contribution in [-0.4, -0.2) is 18.1 Å². The minimum atomic E-state index is -5.09. The number of hydrogen-bond acceptors (Lipinski definition) is 3. The van der Waals surface area contributed by atoms with Crippen LogP contribution in [0.25, 0.3) is 0 Å². The maximum absolute atomic E-state index is 11.2. The first-order valence-electron chi connectivity index (χ1n) is 2.13. The van der Waals surface area contributed by atoms with Gasteiger partial charge in [-0.2, -0.15) is 13.2 Å². The molecule has 0 atom stereocenters. The Kier molecular flexibility index (Phi) is 4.88. The summed E-state index contributed by atoms with van der Waals surface area (Å²) in [5.74, 6) is -3.76. The first-order valence-corrected chi connectivity index (χ1v) is 2.13. The molecule has 0 unspecified atom stereocenters. The van der Waals surface area contributed by atoms with E-state index in [1.165, 1.54) is 0 Å². The molecule has 0 spiro atoms. The standard InChI is InChI=1S/C4H3F3O3.ClH/c1-2(8)10-3(9)4(5,6)7;/h1H3;1H. The van der Waals surface area contributed by atoms with E-state index in [0.717, 1.165) is 0 Å². The third-order valence-electron chi connectivity index (χ3n) is 0.468. The molecule has 0 N–H and O–H groups in total. The van der Waals surface area contributed by atoms with Gasteiger partial charge in [0, 0.05) is 6.92 Å². The van der Waals surface area contributed by atoms with Crippen LogP contribution in [-0.2, 0) is 14.3 Å². The van der Waals surface area contributed by atoms with Gasteiger partial charge in [0.2, 0.25) is 0 Å². The van der Waals surface area contributed by atoms with Crippen molar-refractivity contribution in [3.63, 3.8) is 0 Å². The zero-order chi connectivity index (χ0) is 8.36. The minimum absolute atomic E-state index is 0. The van der Waals surface area contributed by atoms with Crippen LogP contribution < -0.4 is 0 Å². The Morgan fingerprint density at radius 1 is 1.27 bits per heavy atom. The molecule has 0 saturated carbocycles. The van der Waals surface area contributed by atoms with Crippen molar-refractivity contribution in [2.75, 3.05) is 0 Å². The van der Waals surface area contributed by atoms with Crippen molar-refractivity contribution in [1.82, 2.24) is 0 Å². The van der Waals surface area contributed by atoms with Crippen molar-refractivity contribution in [3.05, 3.63) is 0 Å². The van der Waals surface area contributed by atoms with Crippen LogP contribution in [0.2, 0.25) is 0 Å². The van der Waals surface area contributed by atoms with E-state index in [4.69, 9.17) is 0 Å². The summed E-state index contributed by atoms with van der Waals surface area (Å²) in [7, 11) is 0. The van der Waals surface area contributed by atoms with Gasteiger partial charge in [-0.05, 0) is 0 Å². The maximum atomic E-state index is 11.2. The van der Waals surface area contributed by atoms with E-state index >= 15 is 0 Å². The van der Waals surface area contributed by atoms with Crippen LogP contribution in [0.3, 0.4) is 0 Å². The number of carbonyl (C=O) groups is 2. The lowest BCUT2D eigenvalue weighted by Crippen LogP contribution is -2.26. The summed E-state index contributed by atoms with van der Waals surface area (Å²) in [6.07, 6.45) is -5.09. The van der Waals surface area contributed by atoms with E-state index in [0.29, 0.717) is 6.92 Å². The Hall–Kier alpha value is -0.780. The summed E-state index contributed by atoms with van der Waals surface area (Å²) in [5, 5.41) is 0. The first-order chi connectivity index (χ1) is 4.34. The molecule has 0 aromatic carbocycles. The fourth-order valence-corrected chi connectivity index (χ4v) is 0.188. The van der Waals surface area contributed by atoms with Gasteiger partial charge in [-0.25, -0.2) is 4.79 Å². The van der Waals surface area contributed by atoms with Gasteiger partial charge in [-0.3, -0.25) is 4.79 Å². The summed E-state index contributed by atoms with van der Waals surface area (Å²) < 4.78 is 36.8. The van der Waals surface area contributed by atoms with E-state index in [1.54, 1.807) is 0 Å². The Morgan fingerprint density at radius 3 is 1.73 bits per heavy atom. The van der Waals surface area contributed by atoms with Gasteiger partial charge in [-0.1, -0.05) is 0 Å². The second-order valence-electron chi connectivity index (χ2n) is 1.38. The maximum Gasteiger partial charge on any atom is 0.491 e. The third kappa shape index (κ3) is 5.65. The van der Waals surface area contributed by atoms with Crippen molar-refractivity contribution in [3.8, 4) is 0 Å². The quantitative estimate of drug-likeness (QED) is 0.426. The molecular formula is C4H4ClF3O3. The first kappa shape index (κ1) is 12.9. The lowest BCUT2D eigenvalue weighted by molar-refractivity contribution is -0.201. The van der Waals surface area contributed by atoms with Crippen molar-refractivity contribution < 1.29 is 27.5 Å². The summed E-state index contributed by atoms with van der Waals surface area (Å²) in [5.41, 5.74) is 0. The average molecular weight is 193 g/mol. The third-order valence-corrected chi connectivity index (χ3v) is 0.468. The number of ether oxygens (including phenoxy) is 1. The fraction of sp³-hybridized carbons (Fsp3) is 0.500. The Bertz CT molecular complexity index is 164. The Balaban J connectivity index is 0. The molecule has 11 heavy (non-hydrogen) atoms. The second-order valence-corrected chi connectivity index (χ2v) is 1.38. The molecule has 0 aromatic heterocycles. The normalized spacial score (nSPS) is 9.82. The lowest BCUT2D eigenvalue weighted by Gasteiger charge is -2.01. The van der Waals surface area contributed by atoms with Gasteiger partial charge in [-0.15, -0.1) is 12.4 Å². The Morgan fingerprint density at radius 2 is 1.64 bits per heavy atom. The predicted octanol–water partition coefficient (Wildman–Crippen LogP) is 1.06. The van der Waals surface area contributed by atoms with Crippen molar-refractivity contribution in [2.24, 2.45) is 0 Å². The SMILES string of the molecule is CC(=O)OC(=O)C(F)(F)F.Cl. The van der Waals surface area contributed by atoms with Gasteiger partial charge < -0.3 is 4.74 Å². The topological polar surface area (TPSA) is 43.4 Å². The van der Waals surface area contributed by atoms with Crippen LogP contribution in [0.4, 0.5) is 13.2 Å². The van der Waals surface area contributed by atoms with Gasteiger partial charge >= 0.3 is 18.1 Å². The zero-order valence-corrected chi connectivity index (χ0v) is 6.08. The highest BCUT2D eigenvalue weighted by Crippen LogP contribution is 2.16. The number of halogens is 4.